The van der Waals surface area contributed by atoms with Crippen LogP contribution < -0.4 is 5.43 Å². The van der Waals surface area contributed by atoms with Gasteiger partial charge in [-0.05, 0) is 31.0 Å². The number of halogens is 2. The van der Waals surface area contributed by atoms with Crippen molar-refractivity contribution in [3.63, 3.8) is 0 Å². The third kappa shape index (κ3) is 4.28. The lowest BCUT2D eigenvalue weighted by Gasteiger charge is -2.16. The van der Waals surface area contributed by atoms with E-state index in [1.54, 1.807) is 17.8 Å². The van der Waals surface area contributed by atoms with Crippen LogP contribution >= 0.6 is 23.2 Å². The smallest absolute Gasteiger partial charge is 0.271 e. The maximum absolute atomic E-state index is 13.3. The van der Waals surface area contributed by atoms with Crippen molar-refractivity contribution in [1.29, 1.82) is 0 Å². The fourth-order valence-electron chi connectivity index (χ4n) is 4.29. The first-order chi connectivity index (χ1) is 16.6. The minimum atomic E-state index is -0.246. The second kappa shape index (κ2) is 9.72. The number of fused-ring (bicyclic) bond motifs is 1. The summed E-state index contributed by atoms with van der Waals surface area (Å²) in [7, 11) is 1.58. The topological polar surface area (TPSA) is 71.8 Å². The van der Waals surface area contributed by atoms with E-state index in [1.807, 2.05) is 53.5 Å². The average molecular weight is 496 g/mol. The summed E-state index contributed by atoms with van der Waals surface area (Å²) in [6, 6.07) is 15.0. The van der Waals surface area contributed by atoms with Crippen LogP contribution in [0.3, 0.4) is 0 Å². The maximum Gasteiger partial charge on any atom is 0.271 e. The molecule has 1 saturated heterocycles. The van der Waals surface area contributed by atoms with Crippen molar-refractivity contribution in [2.45, 2.75) is 19.4 Å². The molecule has 1 aliphatic heterocycles. The Morgan fingerprint density at radius 1 is 1.06 bits per heavy atom. The summed E-state index contributed by atoms with van der Waals surface area (Å²) in [6.07, 6.45) is 3.85. The Morgan fingerprint density at radius 3 is 2.50 bits per heavy atom. The van der Waals surface area contributed by atoms with Gasteiger partial charge in [0.2, 0.25) is 0 Å². The lowest BCUT2D eigenvalue weighted by Crippen LogP contribution is -2.40. The van der Waals surface area contributed by atoms with Crippen molar-refractivity contribution < 1.29 is 9.53 Å². The third-order valence-electron chi connectivity index (χ3n) is 5.87. The number of ether oxygens (including phenoxy) is 1. The number of hydrazine groups is 1. The Labute approximate surface area is 207 Å². The summed E-state index contributed by atoms with van der Waals surface area (Å²) in [4.78, 5) is 18.0. The first-order valence-corrected chi connectivity index (χ1v) is 11.8. The summed E-state index contributed by atoms with van der Waals surface area (Å²) in [5.41, 5.74) is 7.59. The Morgan fingerprint density at radius 2 is 1.79 bits per heavy atom. The molecule has 2 aromatic heterocycles. The number of rotatable bonds is 6. The molecule has 174 valence electrons. The second-order valence-corrected chi connectivity index (χ2v) is 8.98. The number of aromatic nitrogens is 3. The molecule has 0 spiro atoms. The van der Waals surface area contributed by atoms with Crippen LogP contribution in [0.1, 0.15) is 28.9 Å². The molecule has 4 aromatic rings. The summed E-state index contributed by atoms with van der Waals surface area (Å²) in [5, 5.41) is 7.93. The Balaban J connectivity index is 1.75. The van der Waals surface area contributed by atoms with Gasteiger partial charge in [-0.2, -0.15) is 5.10 Å². The van der Waals surface area contributed by atoms with Gasteiger partial charge < -0.3 is 4.74 Å². The standard InChI is InChI=1S/C25H23Cl2N5O2/c1-34-15-21-22(25(33)30-31-12-4-5-13-31)24-28-14-19(18-6-2-3-7-20(18)27)23(32(24)29-21)16-8-10-17(26)11-9-16/h2-3,6-11,14H,4-5,12-13,15H2,1H3,(H,30,33). The van der Waals surface area contributed by atoms with Gasteiger partial charge >= 0.3 is 0 Å². The number of nitrogens with one attached hydrogen (secondary N) is 1. The maximum atomic E-state index is 13.3. The Bertz CT molecular complexity index is 1350. The SMILES string of the molecule is COCc1nn2c(-c3ccc(Cl)cc3)c(-c3ccccc3Cl)cnc2c1C(=O)NN1CCCC1. The predicted molar refractivity (Wildman–Crippen MR) is 133 cm³/mol. The lowest BCUT2D eigenvalue weighted by molar-refractivity contribution is 0.0822. The second-order valence-electron chi connectivity index (χ2n) is 8.13. The van der Waals surface area contributed by atoms with Crippen molar-refractivity contribution in [3.8, 4) is 22.4 Å². The van der Waals surface area contributed by atoms with E-state index in [9.17, 15) is 4.79 Å². The fourth-order valence-corrected chi connectivity index (χ4v) is 4.65. The number of carbonyl (C=O) groups excluding carboxylic acids is 1. The zero-order valence-corrected chi connectivity index (χ0v) is 20.1. The summed E-state index contributed by atoms with van der Waals surface area (Å²) >= 11 is 12.7. The van der Waals surface area contributed by atoms with Crippen molar-refractivity contribution in [3.05, 3.63) is 76.0 Å². The molecule has 0 saturated carbocycles. The van der Waals surface area contributed by atoms with E-state index in [0.717, 1.165) is 48.3 Å². The molecule has 5 rings (SSSR count). The molecule has 1 N–H and O–H groups in total. The van der Waals surface area contributed by atoms with Gasteiger partial charge in [0.05, 0.1) is 12.3 Å². The van der Waals surface area contributed by atoms with Crippen molar-refractivity contribution in [1.82, 2.24) is 25.0 Å². The van der Waals surface area contributed by atoms with E-state index in [0.29, 0.717) is 26.9 Å². The van der Waals surface area contributed by atoms with E-state index >= 15 is 0 Å². The molecule has 0 radical (unpaired) electrons. The number of nitrogens with zero attached hydrogens (tertiary/aromatic N) is 4. The highest BCUT2D eigenvalue weighted by molar-refractivity contribution is 6.33. The van der Waals surface area contributed by atoms with Crippen LogP contribution in [0.15, 0.2) is 54.7 Å². The fraction of sp³-hybridized carbons (Fsp3) is 0.240. The van der Waals surface area contributed by atoms with Crippen molar-refractivity contribution in [2.24, 2.45) is 0 Å². The molecule has 1 amide bonds. The highest BCUT2D eigenvalue weighted by atomic mass is 35.5. The van der Waals surface area contributed by atoms with Crippen LogP contribution in [0.25, 0.3) is 28.0 Å². The third-order valence-corrected chi connectivity index (χ3v) is 6.45. The van der Waals surface area contributed by atoms with E-state index in [4.69, 9.17) is 33.0 Å². The first-order valence-electron chi connectivity index (χ1n) is 11.0. The molecule has 9 heteroatoms. The number of benzene rings is 2. The Kier molecular flexibility index (Phi) is 6.52. The van der Waals surface area contributed by atoms with Crippen LogP contribution in [-0.4, -0.2) is 45.7 Å². The summed E-state index contributed by atoms with van der Waals surface area (Å²) < 4.78 is 7.08. The van der Waals surface area contributed by atoms with Crippen LogP contribution in [0, 0.1) is 0 Å². The minimum absolute atomic E-state index is 0.174. The normalized spacial score (nSPS) is 14.1. The highest BCUT2D eigenvalue weighted by Gasteiger charge is 2.26. The number of amides is 1. The average Bonchev–Trinajstić information content (AvgIpc) is 3.47. The molecule has 7 nitrogen and oxygen atoms in total. The van der Waals surface area contributed by atoms with Gasteiger partial charge in [0.15, 0.2) is 5.65 Å². The number of methoxy groups -OCH3 is 1. The molecular weight excluding hydrogens is 473 g/mol. The summed E-state index contributed by atoms with van der Waals surface area (Å²) in [6.45, 7) is 1.82. The van der Waals surface area contributed by atoms with Crippen molar-refractivity contribution in [2.75, 3.05) is 20.2 Å². The molecule has 0 bridgehead atoms. The first kappa shape index (κ1) is 22.8. The van der Waals surface area contributed by atoms with Crippen LogP contribution in [0.4, 0.5) is 0 Å². The van der Waals surface area contributed by atoms with Gasteiger partial charge in [0.1, 0.15) is 11.3 Å². The van der Waals surface area contributed by atoms with Gasteiger partial charge in [-0.3, -0.25) is 10.2 Å². The lowest BCUT2D eigenvalue weighted by atomic mass is 10.0. The van der Waals surface area contributed by atoms with E-state index in [2.05, 4.69) is 10.4 Å². The molecule has 0 aliphatic carbocycles. The van der Waals surface area contributed by atoms with Gasteiger partial charge in [0.25, 0.3) is 5.91 Å². The highest BCUT2D eigenvalue weighted by Crippen LogP contribution is 2.37. The van der Waals surface area contributed by atoms with Crippen LogP contribution in [0.2, 0.25) is 10.0 Å². The number of carbonyl (C=O) groups is 1. The zero-order valence-electron chi connectivity index (χ0n) is 18.6. The van der Waals surface area contributed by atoms with E-state index in [-0.39, 0.29) is 12.5 Å². The Hall–Kier alpha value is -2.97. The van der Waals surface area contributed by atoms with Crippen LogP contribution in [0.5, 0.6) is 0 Å². The molecule has 1 aliphatic rings. The molecular formula is C25H23Cl2N5O2. The van der Waals surface area contributed by atoms with Crippen LogP contribution in [-0.2, 0) is 11.3 Å². The molecule has 3 heterocycles. The molecule has 34 heavy (non-hydrogen) atoms. The summed E-state index contributed by atoms with van der Waals surface area (Å²) in [5.74, 6) is -0.246. The molecule has 0 atom stereocenters. The van der Waals surface area contributed by atoms with Gasteiger partial charge in [0, 0.05) is 53.1 Å². The predicted octanol–water partition coefficient (Wildman–Crippen LogP) is 5.26. The molecule has 1 fully saturated rings. The minimum Gasteiger partial charge on any atom is -0.378 e. The zero-order chi connectivity index (χ0) is 23.7. The van der Waals surface area contributed by atoms with E-state index < -0.39 is 0 Å². The van der Waals surface area contributed by atoms with Crippen molar-refractivity contribution >= 4 is 34.8 Å². The largest absolute Gasteiger partial charge is 0.378 e. The molecule has 0 unspecified atom stereocenters. The quantitative estimate of drug-likeness (QED) is 0.395. The molecule has 2 aromatic carbocycles. The van der Waals surface area contributed by atoms with Gasteiger partial charge in [-0.25, -0.2) is 14.5 Å². The van der Waals surface area contributed by atoms with Gasteiger partial charge in [-0.1, -0.05) is 53.5 Å². The van der Waals surface area contributed by atoms with E-state index in [1.165, 1.54) is 0 Å². The number of hydrogen-bond donors (Lipinski definition) is 1. The van der Waals surface area contributed by atoms with Gasteiger partial charge in [-0.15, -0.1) is 0 Å². The number of hydrogen-bond acceptors (Lipinski definition) is 5. The monoisotopic (exact) mass is 495 g/mol.